The number of benzene rings is 1. The van der Waals surface area contributed by atoms with Crippen LogP contribution in [0.25, 0.3) is 0 Å². The number of halogens is 1. The summed E-state index contributed by atoms with van der Waals surface area (Å²) in [5.74, 6) is -1.15. The summed E-state index contributed by atoms with van der Waals surface area (Å²) in [5, 5.41) is 18.1. The number of rotatable bonds is 3. The lowest BCUT2D eigenvalue weighted by Crippen LogP contribution is -2.02. The molecule has 0 amide bonds. The summed E-state index contributed by atoms with van der Waals surface area (Å²) < 4.78 is 18.2. The predicted octanol–water partition coefficient (Wildman–Crippen LogP) is 1.64. The molecule has 1 atom stereocenters. The Balaban J connectivity index is 3.20. The minimum Gasteiger partial charge on any atom is -0.505 e. The van der Waals surface area contributed by atoms with Gasteiger partial charge in [-0.3, -0.25) is 0 Å². The van der Waals surface area contributed by atoms with Gasteiger partial charge in [0.05, 0.1) is 7.11 Å². The van der Waals surface area contributed by atoms with Crippen LogP contribution in [0.2, 0.25) is 0 Å². The molecular formula is C10H13FO3. The Kier molecular flexibility index (Phi) is 3.30. The summed E-state index contributed by atoms with van der Waals surface area (Å²) >= 11 is 0. The smallest absolute Gasteiger partial charge is 0.168 e. The highest BCUT2D eigenvalue weighted by atomic mass is 19.1. The Labute approximate surface area is 81.8 Å². The lowest BCUT2D eigenvalue weighted by atomic mass is 10.0. The van der Waals surface area contributed by atoms with E-state index in [2.05, 4.69) is 0 Å². The number of phenols is 1. The summed E-state index contributed by atoms with van der Waals surface area (Å²) in [6, 6.07) is 2.67. The van der Waals surface area contributed by atoms with Crippen molar-refractivity contribution >= 4 is 0 Å². The third kappa shape index (κ3) is 1.96. The van der Waals surface area contributed by atoms with Crippen molar-refractivity contribution in [3.8, 4) is 11.5 Å². The Hall–Kier alpha value is -1.29. The largest absolute Gasteiger partial charge is 0.505 e. The third-order valence-corrected chi connectivity index (χ3v) is 2.10. The van der Waals surface area contributed by atoms with Gasteiger partial charge < -0.3 is 14.9 Å². The first-order valence-corrected chi connectivity index (χ1v) is 4.27. The van der Waals surface area contributed by atoms with Gasteiger partial charge in [-0.25, -0.2) is 4.39 Å². The first-order valence-electron chi connectivity index (χ1n) is 4.27. The highest BCUT2D eigenvalue weighted by Crippen LogP contribution is 2.30. The fourth-order valence-electron chi connectivity index (χ4n) is 1.18. The van der Waals surface area contributed by atoms with Crippen LogP contribution in [0.4, 0.5) is 4.39 Å². The molecule has 1 rings (SSSR count). The molecule has 4 heteroatoms. The van der Waals surface area contributed by atoms with Crippen LogP contribution < -0.4 is 4.74 Å². The number of aromatic hydroxyl groups is 1. The molecule has 0 heterocycles. The molecule has 0 aliphatic heterocycles. The standard InChI is InChI=1S/C10H13FO3/c1-6(5-12)8-3-7(14-2)4-9(13)10(8)11/h3-4,6,12-13H,5H2,1-2H3. The number of ether oxygens (including phenoxy) is 1. The molecule has 14 heavy (non-hydrogen) atoms. The van der Waals surface area contributed by atoms with Gasteiger partial charge in [0.15, 0.2) is 11.6 Å². The summed E-state index contributed by atoms with van der Waals surface area (Å²) in [6.45, 7) is 1.49. The van der Waals surface area contributed by atoms with Crippen LogP contribution in [0.5, 0.6) is 11.5 Å². The van der Waals surface area contributed by atoms with Crippen LogP contribution in [0.3, 0.4) is 0 Å². The molecule has 78 valence electrons. The van der Waals surface area contributed by atoms with Crippen LogP contribution in [0, 0.1) is 5.82 Å². The van der Waals surface area contributed by atoms with Crippen molar-refractivity contribution in [2.75, 3.05) is 13.7 Å². The van der Waals surface area contributed by atoms with Crippen LogP contribution >= 0.6 is 0 Å². The van der Waals surface area contributed by atoms with Gasteiger partial charge in [0.2, 0.25) is 0 Å². The number of hydrogen-bond donors (Lipinski definition) is 2. The van der Waals surface area contributed by atoms with Crippen LogP contribution in [0.15, 0.2) is 12.1 Å². The Morgan fingerprint density at radius 2 is 2.14 bits per heavy atom. The van der Waals surface area contributed by atoms with E-state index in [1.165, 1.54) is 19.2 Å². The van der Waals surface area contributed by atoms with Gasteiger partial charge in [-0.2, -0.15) is 0 Å². The van der Waals surface area contributed by atoms with E-state index in [0.717, 1.165) is 0 Å². The van der Waals surface area contributed by atoms with E-state index in [0.29, 0.717) is 5.75 Å². The molecule has 1 aromatic carbocycles. The van der Waals surface area contributed by atoms with Crippen LogP contribution in [0.1, 0.15) is 18.4 Å². The van der Waals surface area contributed by atoms with Gasteiger partial charge in [-0.1, -0.05) is 6.92 Å². The number of methoxy groups -OCH3 is 1. The monoisotopic (exact) mass is 200 g/mol. The van der Waals surface area contributed by atoms with Crippen LogP contribution in [-0.4, -0.2) is 23.9 Å². The molecule has 0 radical (unpaired) electrons. The first kappa shape index (κ1) is 10.8. The van der Waals surface area contributed by atoms with Gasteiger partial charge in [0.25, 0.3) is 0 Å². The molecule has 0 bridgehead atoms. The summed E-state index contributed by atoms with van der Waals surface area (Å²) in [5.41, 5.74) is 0.254. The van der Waals surface area contributed by atoms with E-state index in [-0.39, 0.29) is 18.1 Å². The third-order valence-electron chi connectivity index (χ3n) is 2.10. The van der Waals surface area contributed by atoms with Crippen molar-refractivity contribution in [1.82, 2.24) is 0 Å². The van der Waals surface area contributed by atoms with Crippen molar-refractivity contribution in [2.24, 2.45) is 0 Å². The molecule has 0 spiro atoms. The summed E-state index contributed by atoms with van der Waals surface area (Å²) in [7, 11) is 1.43. The minimum atomic E-state index is -0.702. The highest BCUT2D eigenvalue weighted by molar-refractivity contribution is 5.40. The fourth-order valence-corrected chi connectivity index (χ4v) is 1.18. The van der Waals surface area contributed by atoms with Gasteiger partial charge in [0.1, 0.15) is 5.75 Å². The number of phenolic OH excluding ortho intramolecular Hbond substituents is 1. The van der Waals surface area contributed by atoms with E-state index in [4.69, 9.17) is 9.84 Å². The van der Waals surface area contributed by atoms with Gasteiger partial charge in [0, 0.05) is 24.2 Å². The van der Waals surface area contributed by atoms with E-state index < -0.39 is 11.6 Å². The van der Waals surface area contributed by atoms with Gasteiger partial charge in [-0.15, -0.1) is 0 Å². The van der Waals surface area contributed by atoms with E-state index in [1.54, 1.807) is 6.92 Å². The number of aliphatic hydroxyl groups excluding tert-OH is 1. The average Bonchev–Trinajstić information content (AvgIpc) is 2.20. The van der Waals surface area contributed by atoms with E-state index in [1.807, 2.05) is 0 Å². The summed E-state index contributed by atoms with van der Waals surface area (Å²) in [4.78, 5) is 0. The Morgan fingerprint density at radius 1 is 1.50 bits per heavy atom. The molecule has 1 unspecified atom stereocenters. The molecular weight excluding hydrogens is 187 g/mol. The van der Waals surface area contributed by atoms with Crippen molar-refractivity contribution in [2.45, 2.75) is 12.8 Å². The molecule has 0 aromatic heterocycles. The molecule has 0 saturated heterocycles. The molecule has 3 nitrogen and oxygen atoms in total. The van der Waals surface area contributed by atoms with E-state index in [9.17, 15) is 9.50 Å². The van der Waals surface area contributed by atoms with Crippen molar-refractivity contribution in [1.29, 1.82) is 0 Å². The predicted molar refractivity (Wildman–Crippen MR) is 50.1 cm³/mol. The second-order valence-electron chi connectivity index (χ2n) is 3.13. The maximum atomic E-state index is 13.3. The minimum absolute atomic E-state index is 0.177. The molecule has 1 aromatic rings. The maximum absolute atomic E-state index is 13.3. The normalized spacial score (nSPS) is 12.6. The number of aliphatic hydroxyl groups is 1. The Bertz CT molecular complexity index is 325. The summed E-state index contributed by atoms with van der Waals surface area (Å²) in [6.07, 6.45) is 0. The second-order valence-corrected chi connectivity index (χ2v) is 3.13. The zero-order chi connectivity index (χ0) is 10.7. The SMILES string of the molecule is COc1cc(O)c(F)c(C(C)CO)c1. The maximum Gasteiger partial charge on any atom is 0.168 e. The first-order chi connectivity index (χ1) is 6.60. The van der Waals surface area contributed by atoms with Gasteiger partial charge >= 0.3 is 0 Å². The Morgan fingerprint density at radius 3 is 2.64 bits per heavy atom. The average molecular weight is 200 g/mol. The van der Waals surface area contributed by atoms with Crippen LogP contribution in [-0.2, 0) is 0 Å². The molecule has 0 aliphatic carbocycles. The molecule has 0 saturated carbocycles. The van der Waals surface area contributed by atoms with E-state index >= 15 is 0 Å². The van der Waals surface area contributed by atoms with Gasteiger partial charge in [-0.05, 0) is 6.07 Å². The fraction of sp³-hybridized carbons (Fsp3) is 0.400. The van der Waals surface area contributed by atoms with Crippen molar-refractivity contribution in [3.63, 3.8) is 0 Å². The topological polar surface area (TPSA) is 49.7 Å². The molecule has 2 N–H and O–H groups in total. The van der Waals surface area contributed by atoms with Crippen molar-refractivity contribution < 1.29 is 19.3 Å². The molecule has 0 aliphatic rings. The quantitative estimate of drug-likeness (QED) is 0.779. The number of hydrogen-bond acceptors (Lipinski definition) is 3. The molecule has 0 fully saturated rings. The highest BCUT2D eigenvalue weighted by Gasteiger charge is 2.15. The van der Waals surface area contributed by atoms with Crippen molar-refractivity contribution in [3.05, 3.63) is 23.5 Å². The lowest BCUT2D eigenvalue weighted by molar-refractivity contribution is 0.269. The lowest BCUT2D eigenvalue weighted by Gasteiger charge is -2.12. The zero-order valence-electron chi connectivity index (χ0n) is 8.12. The second kappa shape index (κ2) is 4.28. The zero-order valence-corrected chi connectivity index (χ0v) is 8.12.